The van der Waals surface area contributed by atoms with Crippen molar-refractivity contribution in [3.8, 4) is 0 Å². The summed E-state index contributed by atoms with van der Waals surface area (Å²) in [6.07, 6.45) is 2.41. The van der Waals surface area contributed by atoms with Crippen LogP contribution in [0.4, 0.5) is 0 Å². The molecule has 0 bridgehead atoms. The van der Waals surface area contributed by atoms with Crippen LogP contribution in [-0.2, 0) is 0 Å². The zero-order valence-electron chi connectivity index (χ0n) is 9.78. The SMILES string of the molecule is Cc1cccc([C@H](N)C2CCNCC2)c1.Cl. The summed E-state index contributed by atoms with van der Waals surface area (Å²) in [5.74, 6) is 0.646. The summed E-state index contributed by atoms with van der Waals surface area (Å²) in [5.41, 5.74) is 8.91. The van der Waals surface area contributed by atoms with Crippen molar-refractivity contribution < 1.29 is 0 Å². The van der Waals surface area contributed by atoms with Crippen molar-refractivity contribution in [1.29, 1.82) is 0 Å². The molecule has 1 aromatic rings. The van der Waals surface area contributed by atoms with E-state index in [2.05, 4.69) is 36.5 Å². The molecule has 1 atom stereocenters. The molecule has 1 fully saturated rings. The van der Waals surface area contributed by atoms with E-state index in [9.17, 15) is 0 Å². The number of benzene rings is 1. The number of nitrogens with one attached hydrogen (secondary N) is 1. The fourth-order valence-corrected chi connectivity index (χ4v) is 2.35. The molecule has 1 aromatic carbocycles. The molecule has 0 spiro atoms. The minimum absolute atomic E-state index is 0. The van der Waals surface area contributed by atoms with E-state index >= 15 is 0 Å². The van der Waals surface area contributed by atoms with Gasteiger partial charge in [-0.25, -0.2) is 0 Å². The fourth-order valence-electron chi connectivity index (χ4n) is 2.35. The van der Waals surface area contributed by atoms with E-state index < -0.39 is 0 Å². The van der Waals surface area contributed by atoms with Gasteiger partial charge in [0.05, 0.1) is 0 Å². The first-order valence-corrected chi connectivity index (χ1v) is 5.80. The lowest BCUT2D eigenvalue weighted by molar-refractivity contribution is 0.322. The van der Waals surface area contributed by atoms with Gasteiger partial charge in [0.1, 0.15) is 0 Å². The summed E-state index contributed by atoms with van der Waals surface area (Å²) < 4.78 is 0. The number of hydrogen-bond acceptors (Lipinski definition) is 2. The smallest absolute Gasteiger partial charge is 0.0324 e. The summed E-state index contributed by atoms with van der Waals surface area (Å²) >= 11 is 0. The average molecular weight is 241 g/mol. The molecular weight excluding hydrogens is 220 g/mol. The van der Waals surface area contributed by atoms with Crippen molar-refractivity contribution in [3.05, 3.63) is 35.4 Å². The summed E-state index contributed by atoms with van der Waals surface area (Å²) in [6.45, 7) is 4.35. The predicted octanol–water partition coefficient (Wildman–Crippen LogP) is 2.42. The van der Waals surface area contributed by atoms with Gasteiger partial charge in [-0.05, 0) is 44.3 Å². The van der Waals surface area contributed by atoms with Crippen LogP contribution in [0.3, 0.4) is 0 Å². The first-order chi connectivity index (χ1) is 7.27. The number of piperidine rings is 1. The largest absolute Gasteiger partial charge is 0.324 e. The maximum Gasteiger partial charge on any atom is 0.0324 e. The number of halogens is 1. The Morgan fingerprint density at radius 2 is 2.00 bits per heavy atom. The van der Waals surface area contributed by atoms with Gasteiger partial charge in [-0.1, -0.05) is 29.8 Å². The van der Waals surface area contributed by atoms with Gasteiger partial charge in [0, 0.05) is 6.04 Å². The van der Waals surface area contributed by atoms with Crippen LogP contribution in [0.1, 0.15) is 30.0 Å². The molecule has 3 N–H and O–H groups in total. The van der Waals surface area contributed by atoms with Gasteiger partial charge in [0.15, 0.2) is 0 Å². The fraction of sp³-hybridized carbons (Fsp3) is 0.538. The van der Waals surface area contributed by atoms with Crippen LogP contribution in [0.2, 0.25) is 0 Å². The van der Waals surface area contributed by atoms with Crippen LogP contribution in [0.25, 0.3) is 0 Å². The number of aryl methyl sites for hydroxylation is 1. The first-order valence-electron chi connectivity index (χ1n) is 5.80. The highest BCUT2D eigenvalue weighted by atomic mass is 35.5. The lowest BCUT2D eigenvalue weighted by Gasteiger charge is -2.28. The number of hydrogen-bond donors (Lipinski definition) is 2. The second-order valence-electron chi connectivity index (χ2n) is 4.53. The zero-order chi connectivity index (χ0) is 10.7. The van der Waals surface area contributed by atoms with Gasteiger partial charge in [0.25, 0.3) is 0 Å². The van der Waals surface area contributed by atoms with E-state index in [1.54, 1.807) is 0 Å². The highest BCUT2D eigenvalue weighted by Crippen LogP contribution is 2.26. The highest BCUT2D eigenvalue weighted by Gasteiger charge is 2.21. The monoisotopic (exact) mass is 240 g/mol. The molecular formula is C13H21ClN2. The van der Waals surface area contributed by atoms with Gasteiger partial charge in [-0.3, -0.25) is 0 Å². The summed E-state index contributed by atoms with van der Waals surface area (Å²) in [7, 11) is 0. The molecule has 1 saturated heterocycles. The first kappa shape index (κ1) is 13.5. The lowest BCUT2D eigenvalue weighted by Crippen LogP contribution is -2.33. The Bertz CT molecular complexity index is 321. The summed E-state index contributed by atoms with van der Waals surface area (Å²) in [5, 5.41) is 3.38. The van der Waals surface area contributed by atoms with Crippen molar-refractivity contribution in [2.24, 2.45) is 11.7 Å². The molecule has 1 aliphatic rings. The maximum atomic E-state index is 6.31. The van der Waals surface area contributed by atoms with Crippen LogP contribution < -0.4 is 11.1 Å². The topological polar surface area (TPSA) is 38.0 Å². The third-order valence-corrected chi connectivity index (χ3v) is 3.32. The molecule has 0 aliphatic carbocycles. The number of rotatable bonds is 2. The Morgan fingerprint density at radius 3 is 2.62 bits per heavy atom. The second-order valence-corrected chi connectivity index (χ2v) is 4.53. The van der Waals surface area contributed by atoms with E-state index in [0.717, 1.165) is 13.1 Å². The van der Waals surface area contributed by atoms with Crippen LogP contribution in [0.15, 0.2) is 24.3 Å². The van der Waals surface area contributed by atoms with Crippen LogP contribution in [0, 0.1) is 12.8 Å². The molecule has 3 heteroatoms. The molecule has 0 radical (unpaired) electrons. The second kappa shape index (κ2) is 6.24. The molecule has 0 amide bonds. The Hall–Kier alpha value is -0.570. The highest BCUT2D eigenvalue weighted by molar-refractivity contribution is 5.85. The van der Waals surface area contributed by atoms with E-state index in [1.165, 1.54) is 24.0 Å². The van der Waals surface area contributed by atoms with Gasteiger partial charge < -0.3 is 11.1 Å². The summed E-state index contributed by atoms with van der Waals surface area (Å²) in [6, 6.07) is 8.81. The van der Waals surface area contributed by atoms with E-state index in [1.807, 2.05) is 0 Å². The molecule has 0 aromatic heterocycles. The van der Waals surface area contributed by atoms with Crippen molar-refractivity contribution in [3.63, 3.8) is 0 Å². The molecule has 16 heavy (non-hydrogen) atoms. The third-order valence-electron chi connectivity index (χ3n) is 3.32. The van der Waals surface area contributed by atoms with Crippen molar-refractivity contribution in [2.45, 2.75) is 25.8 Å². The molecule has 2 nitrogen and oxygen atoms in total. The van der Waals surface area contributed by atoms with E-state index in [0.29, 0.717) is 5.92 Å². The molecule has 1 heterocycles. The quantitative estimate of drug-likeness (QED) is 0.833. The standard InChI is InChI=1S/C13H20N2.ClH/c1-10-3-2-4-12(9-10)13(14)11-5-7-15-8-6-11;/h2-4,9,11,13,15H,5-8,14H2,1H3;1H/t13-;/m1./s1. The van der Waals surface area contributed by atoms with Gasteiger partial charge >= 0.3 is 0 Å². The molecule has 0 unspecified atom stereocenters. The van der Waals surface area contributed by atoms with Gasteiger partial charge in [-0.2, -0.15) is 0 Å². The van der Waals surface area contributed by atoms with Crippen LogP contribution in [-0.4, -0.2) is 13.1 Å². The Morgan fingerprint density at radius 1 is 1.31 bits per heavy atom. The molecule has 90 valence electrons. The van der Waals surface area contributed by atoms with E-state index in [4.69, 9.17) is 5.73 Å². The van der Waals surface area contributed by atoms with Crippen LogP contribution >= 0.6 is 12.4 Å². The van der Waals surface area contributed by atoms with Crippen LogP contribution in [0.5, 0.6) is 0 Å². The third kappa shape index (κ3) is 3.21. The minimum Gasteiger partial charge on any atom is -0.324 e. The molecule has 2 rings (SSSR count). The molecule has 1 aliphatic heterocycles. The zero-order valence-corrected chi connectivity index (χ0v) is 10.6. The summed E-state index contributed by atoms with van der Waals surface area (Å²) in [4.78, 5) is 0. The normalized spacial score (nSPS) is 18.9. The Balaban J connectivity index is 0.00000128. The predicted molar refractivity (Wildman–Crippen MR) is 70.9 cm³/mol. The van der Waals surface area contributed by atoms with Crippen molar-refractivity contribution in [2.75, 3.05) is 13.1 Å². The van der Waals surface area contributed by atoms with Crippen molar-refractivity contribution in [1.82, 2.24) is 5.32 Å². The lowest BCUT2D eigenvalue weighted by atomic mass is 9.86. The maximum absolute atomic E-state index is 6.31. The minimum atomic E-state index is 0. The van der Waals surface area contributed by atoms with Gasteiger partial charge in [0.2, 0.25) is 0 Å². The van der Waals surface area contributed by atoms with Crippen molar-refractivity contribution >= 4 is 12.4 Å². The Kier molecular flexibility index (Phi) is 5.26. The Labute approximate surface area is 104 Å². The average Bonchev–Trinajstić information content (AvgIpc) is 2.29. The van der Waals surface area contributed by atoms with Gasteiger partial charge in [-0.15, -0.1) is 12.4 Å². The number of nitrogens with two attached hydrogens (primary N) is 1. The van der Waals surface area contributed by atoms with E-state index in [-0.39, 0.29) is 18.4 Å². The molecule has 0 saturated carbocycles.